The monoisotopic (exact) mass is 306 g/mol. The van der Waals surface area contributed by atoms with Crippen LogP contribution in [0.2, 0.25) is 0 Å². The summed E-state index contributed by atoms with van der Waals surface area (Å²) in [4.78, 5) is 14.7. The number of aromatic nitrogens is 2. The zero-order valence-corrected chi connectivity index (χ0v) is 13.3. The molecule has 0 bridgehead atoms. The van der Waals surface area contributed by atoms with E-state index in [1.54, 1.807) is 16.9 Å². The van der Waals surface area contributed by atoms with E-state index >= 15 is 0 Å². The molecule has 3 rings (SSSR count). The Balaban J connectivity index is 1.40. The molecule has 3 heterocycles. The molecule has 0 aliphatic carbocycles. The topological polar surface area (TPSA) is 59.4 Å². The zero-order valence-electron chi connectivity index (χ0n) is 13.3. The van der Waals surface area contributed by atoms with Crippen molar-refractivity contribution in [1.29, 1.82) is 0 Å². The second-order valence-corrected chi connectivity index (χ2v) is 6.48. The van der Waals surface area contributed by atoms with Crippen LogP contribution >= 0.6 is 0 Å². The van der Waals surface area contributed by atoms with Gasteiger partial charge < -0.3 is 15.0 Å². The highest BCUT2D eigenvalue weighted by molar-refractivity contribution is 5.92. The fraction of sp³-hybridized carbons (Fsp3) is 0.750. The lowest BCUT2D eigenvalue weighted by Crippen LogP contribution is -2.46. The van der Waals surface area contributed by atoms with Crippen molar-refractivity contribution in [1.82, 2.24) is 20.0 Å². The van der Waals surface area contributed by atoms with Crippen LogP contribution in [0.3, 0.4) is 0 Å². The average molecular weight is 306 g/mol. The van der Waals surface area contributed by atoms with E-state index in [4.69, 9.17) is 4.74 Å². The van der Waals surface area contributed by atoms with Gasteiger partial charge in [-0.15, -0.1) is 0 Å². The van der Waals surface area contributed by atoms with Crippen LogP contribution in [0.4, 0.5) is 0 Å². The number of carbonyl (C=O) groups is 1. The van der Waals surface area contributed by atoms with E-state index in [2.05, 4.69) is 15.3 Å². The fourth-order valence-corrected chi connectivity index (χ4v) is 3.35. The van der Waals surface area contributed by atoms with Gasteiger partial charge in [0.05, 0.1) is 0 Å². The van der Waals surface area contributed by atoms with Crippen LogP contribution in [-0.2, 0) is 11.8 Å². The van der Waals surface area contributed by atoms with Crippen LogP contribution in [0, 0.1) is 5.92 Å². The Bertz CT molecular complexity index is 488. The van der Waals surface area contributed by atoms with E-state index in [9.17, 15) is 4.79 Å². The number of nitrogens with zero attached hydrogens (tertiary/aromatic N) is 3. The highest BCUT2D eigenvalue weighted by atomic mass is 16.5. The van der Waals surface area contributed by atoms with Crippen molar-refractivity contribution in [2.45, 2.75) is 31.7 Å². The SMILES string of the molecule is Cn1ccc(C(=O)NC2CCN(CC3CCOCC3)CC2)n1. The summed E-state index contributed by atoms with van der Waals surface area (Å²) >= 11 is 0. The van der Waals surface area contributed by atoms with Crippen molar-refractivity contribution in [2.24, 2.45) is 13.0 Å². The molecule has 122 valence electrons. The number of nitrogens with one attached hydrogen (secondary N) is 1. The summed E-state index contributed by atoms with van der Waals surface area (Å²) in [5.41, 5.74) is 0.507. The Labute approximate surface area is 131 Å². The minimum atomic E-state index is -0.0523. The molecular formula is C16H26N4O2. The molecule has 22 heavy (non-hydrogen) atoms. The average Bonchev–Trinajstić information content (AvgIpc) is 2.97. The smallest absolute Gasteiger partial charge is 0.271 e. The molecule has 0 unspecified atom stereocenters. The van der Waals surface area contributed by atoms with Gasteiger partial charge in [0.25, 0.3) is 5.91 Å². The van der Waals surface area contributed by atoms with Crippen molar-refractivity contribution < 1.29 is 9.53 Å². The molecule has 1 aromatic heterocycles. The van der Waals surface area contributed by atoms with Crippen molar-refractivity contribution in [3.05, 3.63) is 18.0 Å². The Hall–Kier alpha value is -1.40. The zero-order chi connectivity index (χ0) is 15.4. The third kappa shape index (κ3) is 4.08. The van der Waals surface area contributed by atoms with Gasteiger partial charge in [-0.05, 0) is 37.7 Å². The Morgan fingerprint density at radius 3 is 2.68 bits per heavy atom. The number of aryl methyl sites for hydroxylation is 1. The maximum Gasteiger partial charge on any atom is 0.271 e. The highest BCUT2D eigenvalue weighted by Crippen LogP contribution is 2.19. The van der Waals surface area contributed by atoms with Gasteiger partial charge in [-0.1, -0.05) is 0 Å². The number of rotatable bonds is 4. The van der Waals surface area contributed by atoms with Crippen molar-refractivity contribution in [3.63, 3.8) is 0 Å². The number of ether oxygens (including phenoxy) is 1. The molecule has 6 heteroatoms. The normalized spacial score (nSPS) is 21.9. The lowest BCUT2D eigenvalue weighted by Gasteiger charge is -2.35. The van der Waals surface area contributed by atoms with Gasteiger partial charge in [-0.25, -0.2) is 0 Å². The molecular weight excluding hydrogens is 280 g/mol. The van der Waals surface area contributed by atoms with E-state index in [-0.39, 0.29) is 11.9 Å². The molecule has 0 spiro atoms. The van der Waals surface area contributed by atoms with Crippen LogP contribution in [-0.4, -0.2) is 59.5 Å². The second kappa shape index (κ2) is 7.24. The standard InChI is InChI=1S/C16H26N4O2/c1-19-7-4-15(18-19)16(21)17-14-2-8-20(9-3-14)12-13-5-10-22-11-6-13/h4,7,13-14H,2-3,5-6,8-12H2,1H3,(H,17,21). The number of hydrogen-bond acceptors (Lipinski definition) is 4. The van der Waals surface area contributed by atoms with Crippen LogP contribution < -0.4 is 5.32 Å². The minimum Gasteiger partial charge on any atom is -0.381 e. The van der Waals surface area contributed by atoms with Crippen LogP contribution in [0.1, 0.15) is 36.2 Å². The number of carbonyl (C=O) groups excluding carboxylic acids is 1. The minimum absolute atomic E-state index is 0.0523. The summed E-state index contributed by atoms with van der Waals surface area (Å²) in [5.74, 6) is 0.733. The molecule has 0 aromatic carbocycles. The number of amides is 1. The van der Waals surface area contributed by atoms with Crippen LogP contribution in [0.5, 0.6) is 0 Å². The first-order valence-electron chi connectivity index (χ1n) is 8.31. The molecule has 1 amide bonds. The maximum absolute atomic E-state index is 12.1. The van der Waals surface area contributed by atoms with E-state index in [0.29, 0.717) is 5.69 Å². The Kier molecular flexibility index (Phi) is 5.10. The summed E-state index contributed by atoms with van der Waals surface area (Å²) in [7, 11) is 1.82. The van der Waals surface area contributed by atoms with Gasteiger partial charge in [-0.2, -0.15) is 5.10 Å². The van der Waals surface area contributed by atoms with E-state index in [0.717, 1.165) is 45.1 Å². The van der Waals surface area contributed by atoms with E-state index in [1.165, 1.54) is 19.4 Å². The quantitative estimate of drug-likeness (QED) is 0.903. The van der Waals surface area contributed by atoms with E-state index < -0.39 is 0 Å². The van der Waals surface area contributed by atoms with Gasteiger partial charge in [0.2, 0.25) is 0 Å². The number of likely N-dealkylation sites (tertiary alicyclic amines) is 1. The Morgan fingerprint density at radius 2 is 2.05 bits per heavy atom. The third-order valence-electron chi connectivity index (χ3n) is 4.73. The molecule has 2 aliphatic heterocycles. The lowest BCUT2D eigenvalue weighted by atomic mass is 9.97. The molecule has 2 aliphatic rings. The molecule has 2 fully saturated rings. The van der Waals surface area contributed by atoms with Crippen molar-refractivity contribution in [3.8, 4) is 0 Å². The largest absolute Gasteiger partial charge is 0.381 e. The Morgan fingerprint density at radius 1 is 1.32 bits per heavy atom. The first-order chi connectivity index (χ1) is 10.7. The molecule has 0 saturated carbocycles. The predicted octanol–water partition coefficient (Wildman–Crippen LogP) is 1.04. The highest BCUT2D eigenvalue weighted by Gasteiger charge is 2.24. The summed E-state index contributed by atoms with van der Waals surface area (Å²) in [6.07, 6.45) is 6.24. The summed E-state index contributed by atoms with van der Waals surface area (Å²) in [5, 5.41) is 7.26. The second-order valence-electron chi connectivity index (χ2n) is 6.48. The first kappa shape index (κ1) is 15.5. The molecule has 0 atom stereocenters. The van der Waals surface area contributed by atoms with Crippen molar-refractivity contribution >= 4 is 5.91 Å². The van der Waals surface area contributed by atoms with Gasteiger partial charge in [-0.3, -0.25) is 9.48 Å². The predicted molar refractivity (Wildman–Crippen MR) is 83.7 cm³/mol. The van der Waals surface area contributed by atoms with E-state index in [1.807, 2.05) is 7.05 Å². The molecule has 6 nitrogen and oxygen atoms in total. The summed E-state index contributed by atoms with van der Waals surface area (Å²) in [6.45, 7) is 5.17. The fourth-order valence-electron chi connectivity index (χ4n) is 3.35. The molecule has 1 N–H and O–H groups in total. The summed E-state index contributed by atoms with van der Waals surface area (Å²) < 4.78 is 7.08. The van der Waals surface area contributed by atoms with Crippen LogP contribution in [0.25, 0.3) is 0 Å². The molecule has 2 saturated heterocycles. The van der Waals surface area contributed by atoms with Gasteiger partial charge in [0.15, 0.2) is 0 Å². The maximum atomic E-state index is 12.1. The first-order valence-corrected chi connectivity index (χ1v) is 8.31. The van der Waals surface area contributed by atoms with Gasteiger partial charge >= 0.3 is 0 Å². The lowest BCUT2D eigenvalue weighted by molar-refractivity contribution is 0.0477. The van der Waals surface area contributed by atoms with Gasteiger partial charge in [0, 0.05) is 52.1 Å². The third-order valence-corrected chi connectivity index (χ3v) is 4.73. The molecule has 0 radical (unpaired) electrons. The van der Waals surface area contributed by atoms with Gasteiger partial charge in [0.1, 0.15) is 5.69 Å². The number of hydrogen-bond donors (Lipinski definition) is 1. The molecule has 1 aromatic rings. The summed E-state index contributed by atoms with van der Waals surface area (Å²) in [6, 6.07) is 2.04. The van der Waals surface area contributed by atoms with Crippen LogP contribution in [0.15, 0.2) is 12.3 Å². The van der Waals surface area contributed by atoms with Crippen molar-refractivity contribution in [2.75, 3.05) is 32.8 Å². The number of piperidine rings is 1.